The van der Waals surface area contributed by atoms with Crippen molar-refractivity contribution in [1.82, 2.24) is 5.32 Å². The van der Waals surface area contributed by atoms with Crippen molar-refractivity contribution >= 4 is 23.2 Å². The Kier molecular flexibility index (Phi) is 5.93. The molecule has 1 N–H and O–H groups in total. The van der Waals surface area contributed by atoms with Gasteiger partial charge in [-0.3, -0.25) is 0 Å². The monoisotopic (exact) mass is 289 g/mol. The molecule has 0 aliphatic carbocycles. The van der Waals surface area contributed by atoms with Crippen LogP contribution in [0.4, 0.5) is 0 Å². The minimum atomic E-state index is -0.348. The van der Waals surface area contributed by atoms with E-state index in [4.69, 9.17) is 27.9 Å². The average molecular weight is 290 g/mol. The topological polar surface area (TPSA) is 21.3 Å². The summed E-state index contributed by atoms with van der Waals surface area (Å²) in [6.45, 7) is 9.66. The zero-order chi connectivity index (χ0) is 13.8. The van der Waals surface area contributed by atoms with Gasteiger partial charge in [-0.1, -0.05) is 42.3 Å². The third-order valence-electron chi connectivity index (χ3n) is 2.91. The highest BCUT2D eigenvalue weighted by Crippen LogP contribution is 2.36. The van der Waals surface area contributed by atoms with E-state index in [9.17, 15) is 0 Å². The summed E-state index contributed by atoms with van der Waals surface area (Å²) in [5.74, 6) is 0. The molecule has 2 nitrogen and oxygen atoms in total. The van der Waals surface area contributed by atoms with Crippen molar-refractivity contribution in [3.63, 3.8) is 0 Å². The Morgan fingerprint density at radius 1 is 1.28 bits per heavy atom. The van der Waals surface area contributed by atoms with Crippen LogP contribution in [0.25, 0.3) is 0 Å². The molecule has 1 aromatic carbocycles. The van der Waals surface area contributed by atoms with Crippen LogP contribution in [-0.2, 0) is 4.74 Å². The Morgan fingerprint density at radius 3 is 2.50 bits per heavy atom. The lowest BCUT2D eigenvalue weighted by Gasteiger charge is -2.35. The van der Waals surface area contributed by atoms with E-state index in [2.05, 4.69) is 26.1 Å². The van der Waals surface area contributed by atoms with Gasteiger partial charge in [-0.25, -0.2) is 0 Å². The van der Waals surface area contributed by atoms with Gasteiger partial charge < -0.3 is 10.1 Å². The molecule has 0 saturated heterocycles. The zero-order valence-corrected chi connectivity index (χ0v) is 12.9. The van der Waals surface area contributed by atoms with E-state index in [-0.39, 0.29) is 11.6 Å². The van der Waals surface area contributed by atoms with Crippen molar-refractivity contribution in [2.24, 2.45) is 0 Å². The largest absolute Gasteiger partial charge is 0.374 e. The highest BCUT2D eigenvalue weighted by molar-refractivity contribution is 6.42. The zero-order valence-electron chi connectivity index (χ0n) is 11.4. The van der Waals surface area contributed by atoms with Gasteiger partial charge >= 0.3 is 0 Å². The van der Waals surface area contributed by atoms with Crippen LogP contribution in [0.2, 0.25) is 10.0 Å². The molecule has 0 saturated carbocycles. The number of hydrogen-bond acceptors (Lipinski definition) is 2. The molecular weight excluding hydrogens is 269 g/mol. The summed E-state index contributed by atoms with van der Waals surface area (Å²) in [5, 5.41) is 4.59. The maximum Gasteiger partial charge on any atom is 0.0820 e. The summed E-state index contributed by atoms with van der Waals surface area (Å²) in [7, 11) is 0. The van der Waals surface area contributed by atoms with Crippen LogP contribution in [-0.4, -0.2) is 18.8 Å². The normalized spacial score (nSPS) is 13.7. The average Bonchev–Trinajstić information content (AvgIpc) is 2.30. The smallest absolute Gasteiger partial charge is 0.0820 e. The third kappa shape index (κ3) is 3.61. The highest BCUT2D eigenvalue weighted by atomic mass is 35.5. The van der Waals surface area contributed by atoms with Crippen molar-refractivity contribution in [2.45, 2.75) is 39.3 Å². The number of halogens is 2. The number of benzene rings is 1. The molecule has 0 fully saturated rings. The minimum absolute atomic E-state index is 0.00801. The first-order valence-electron chi connectivity index (χ1n) is 6.25. The molecular formula is C14H21Cl2NO. The van der Waals surface area contributed by atoms with Gasteiger partial charge in [0.15, 0.2) is 0 Å². The van der Waals surface area contributed by atoms with Gasteiger partial charge in [0, 0.05) is 6.61 Å². The number of hydrogen-bond donors (Lipinski definition) is 1. The second-order valence-electron chi connectivity index (χ2n) is 4.67. The molecule has 4 heteroatoms. The van der Waals surface area contributed by atoms with Crippen molar-refractivity contribution < 1.29 is 4.74 Å². The fourth-order valence-corrected chi connectivity index (χ4v) is 2.55. The summed E-state index contributed by atoms with van der Waals surface area (Å²) >= 11 is 12.4. The van der Waals surface area contributed by atoms with Crippen LogP contribution in [0.15, 0.2) is 18.2 Å². The summed E-state index contributed by atoms with van der Waals surface area (Å²) in [6, 6.07) is 5.70. The van der Waals surface area contributed by atoms with Gasteiger partial charge in [-0.15, -0.1) is 0 Å². The van der Waals surface area contributed by atoms with Crippen LogP contribution >= 0.6 is 23.2 Å². The van der Waals surface area contributed by atoms with Crippen LogP contribution < -0.4 is 5.32 Å². The molecule has 1 rings (SSSR count). The first kappa shape index (κ1) is 15.8. The lowest BCUT2D eigenvalue weighted by molar-refractivity contribution is -0.0388. The third-order valence-corrected chi connectivity index (χ3v) is 3.75. The molecule has 1 atom stereocenters. The molecule has 0 heterocycles. The van der Waals surface area contributed by atoms with Crippen molar-refractivity contribution in [3.8, 4) is 0 Å². The number of likely N-dealkylation sites (N-methyl/N-ethyl adjacent to an activating group) is 1. The van der Waals surface area contributed by atoms with Crippen LogP contribution in [0.5, 0.6) is 0 Å². The van der Waals surface area contributed by atoms with E-state index in [0.717, 1.165) is 12.1 Å². The van der Waals surface area contributed by atoms with E-state index >= 15 is 0 Å². The second kappa shape index (κ2) is 6.76. The molecule has 1 unspecified atom stereocenters. The van der Waals surface area contributed by atoms with E-state index in [1.807, 2.05) is 19.1 Å². The molecule has 0 aliphatic rings. The number of rotatable bonds is 6. The lowest BCUT2D eigenvalue weighted by Crippen LogP contribution is -2.41. The van der Waals surface area contributed by atoms with Gasteiger partial charge in [-0.2, -0.15) is 0 Å². The van der Waals surface area contributed by atoms with Gasteiger partial charge in [0.2, 0.25) is 0 Å². The molecule has 0 amide bonds. The van der Waals surface area contributed by atoms with E-state index in [1.54, 1.807) is 6.07 Å². The van der Waals surface area contributed by atoms with E-state index < -0.39 is 0 Å². The molecule has 0 aliphatic heterocycles. The van der Waals surface area contributed by atoms with Crippen molar-refractivity contribution in [1.29, 1.82) is 0 Å². The quantitative estimate of drug-likeness (QED) is 0.835. The summed E-state index contributed by atoms with van der Waals surface area (Å²) in [5.41, 5.74) is 0.628. The Morgan fingerprint density at radius 2 is 1.94 bits per heavy atom. The van der Waals surface area contributed by atoms with Gasteiger partial charge in [0.1, 0.15) is 0 Å². The summed E-state index contributed by atoms with van der Waals surface area (Å²) in [4.78, 5) is 0. The van der Waals surface area contributed by atoms with Gasteiger partial charge in [-0.05, 0) is 38.9 Å². The van der Waals surface area contributed by atoms with E-state index in [1.165, 1.54) is 0 Å². The molecule has 0 spiro atoms. The Labute approximate surface area is 120 Å². The maximum atomic E-state index is 6.30. The molecule has 0 aromatic heterocycles. The predicted molar refractivity (Wildman–Crippen MR) is 78.6 cm³/mol. The van der Waals surface area contributed by atoms with Crippen LogP contribution in [0, 0.1) is 0 Å². The lowest BCUT2D eigenvalue weighted by atomic mass is 9.91. The van der Waals surface area contributed by atoms with Crippen LogP contribution in [0.1, 0.15) is 39.3 Å². The Hall–Kier alpha value is -0.280. The second-order valence-corrected chi connectivity index (χ2v) is 5.46. The van der Waals surface area contributed by atoms with Gasteiger partial charge in [0.25, 0.3) is 0 Å². The van der Waals surface area contributed by atoms with Crippen LogP contribution in [0.3, 0.4) is 0 Å². The Bertz CT molecular complexity index is 393. The SMILES string of the molecule is CCNC(c1cccc(Cl)c1Cl)C(C)(C)OCC. The molecule has 1 aromatic rings. The number of ether oxygens (including phenoxy) is 1. The predicted octanol–water partition coefficient (Wildman–Crippen LogP) is 4.46. The fraction of sp³-hybridized carbons (Fsp3) is 0.571. The molecule has 0 bridgehead atoms. The Balaban J connectivity index is 3.15. The first-order chi connectivity index (χ1) is 8.44. The summed E-state index contributed by atoms with van der Waals surface area (Å²) in [6.07, 6.45) is 0. The van der Waals surface area contributed by atoms with E-state index in [0.29, 0.717) is 16.7 Å². The van der Waals surface area contributed by atoms with Crippen molar-refractivity contribution in [3.05, 3.63) is 33.8 Å². The molecule has 18 heavy (non-hydrogen) atoms. The number of nitrogens with one attached hydrogen (secondary N) is 1. The first-order valence-corrected chi connectivity index (χ1v) is 7.00. The summed E-state index contributed by atoms with van der Waals surface area (Å²) < 4.78 is 5.83. The fourth-order valence-electron chi connectivity index (χ4n) is 2.13. The van der Waals surface area contributed by atoms with Crippen molar-refractivity contribution in [2.75, 3.05) is 13.2 Å². The molecule has 102 valence electrons. The minimum Gasteiger partial charge on any atom is -0.374 e. The highest BCUT2D eigenvalue weighted by Gasteiger charge is 2.32. The van der Waals surface area contributed by atoms with Gasteiger partial charge in [0.05, 0.1) is 21.7 Å². The standard InChI is InChI=1S/C14H21Cl2NO/c1-5-17-13(14(3,4)18-6-2)10-8-7-9-11(15)12(10)16/h7-9,13,17H,5-6H2,1-4H3. The maximum absolute atomic E-state index is 6.30. The molecule has 0 radical (unpaired) electrons.